The van der Waals surface area contributed by atoms with E-state index in [0.29, 0.717) is 17.1 Å². The molecule has 2 aliphatic heterocycles. The molecule has 150 valence electrons. The summed E-state index contributed by atoms with van der Waals surface area (Å²) in [6, 6.07) is -0.860. The van der Waals surface area contributed by atoms with E-state index >= 15 is 0 Å². The minimum atomic E-state index is -1.15. The molecule has 13 heteroatoms. The maximum Gasteiger partial charge on any atom is 0.352 e. The number of anilines is 1. The van der Waals surface area contributed by atoms with Crippen molar-refractivity contribution in [3.05, 3.63) is 22.3 Å². The zero-order valence-corrected chi connectivity index (χ0v) is 17.3. The number of nitrogens with one attached hydrogen (secondary N) is 1. The second-order valence-corrected chi connectivity index (χ2v) is 8.61. The third-order valence-corrected chi connectivity index (χ3v) is 6.67. The Labute approximate surface area is 172 Å². The second-order valence-electron chi connectivity index (χ2n) is 5.74. The predicted molar refractivity (Wildman–Crippen MR) is 108 cm³/mol. The number of carbonyl (C=O) groups excluding carboxylic acids is 2. The summed E-state index contributed by atoms with van der Waals surface area (Å²) in [6.07, 6.45) is 1.87. The van der Waals surface area contributed by atoms with Gasteiger partial charge in [-0.3, -0.25) is 14.5 Å². The zero-order chi connectivity index (χ0) is 20.4. The number of thioether (sulfide) groups is 2. The van der Waals surface area contributed by atoms with Gasteiger partial charge in [0, 0.05) is 16.9 Å². The van der Waals surface area contributed by atoms with E-state index in [1.54, 1.807) is 5.38 Å². The third kappa shape index (κ3) is 3.69. The molecule has 0 radical (unpaired) electrons. The van der Waals surface area contributed by atoms with Crippen molar-refractivity contribution in [3.63, 3.8) is 0 Å². The van der Waals surface area contributed by atoms with Gasteiger partial charge < -0.3 is 21.0 Å². The molecule has 0 bridgehead atoms. The molecule has 2 amide bonds. The van der Waals surface area contributed by atoms with E-state index in [9.17, 15) is 19.5 Å². The Hall–Kier alpha value is -2.25. The fourth-order valence-corrected chi connectivity index (χ4v) is 5.48. The quantitative estimate of drug-likeness (QED) is 0.305. The van der Waals surface area contributed by atoms with Crippen LogP contribution in [0.4, 0.5) is 5.13 Å². The number of carboxylic acids is 1. The summed E-state index contributed by atoms with van der Waals surface area (Å²) < 4.78 is 0. The number of amides is 2. The summed E-state index contributed by atoms with van der Waals surface area (Å²) >= 11 is 4.04. The van der Waals surface area contributed by atoms with Crippen LogP contribution in [0.25, 0.3) is 0 Å². The van der Waals surface area contributed by atoms with Crippen molar-refractivity contribution in [2.45, 2.75) is 11.4 Å². The van der Waals surface area contributed by atoms with Gasteiger partial charge in [-0.25, -0.2) is 9.78 Å². The minimum Gasteiger partial charge on any atom is -0.477 e. The molecule has 3 heterocycles. The summed E-state index contributed by atoms with van der Waals surface area (Å²) in [5.41, 5.74) is 6.42. The number of nitrogens with two attached hydrogens (primary N) is 1. The van der Waals surface area contributed by atoms with Crippen LogP contribution in [0.5, 0.6) is 0 Å². The predicted octanol–water partition coefficient (Wildman–Crippen LogP) is 0.177. The molecule has 1 aromatic heterocycles. The maximum absolute atomic E-state index is 12.6. The number of oxime groups is 1. The van der Waals surface area contributed by atoms with Gasteiger partial charge in [0.25, 0.3) is 11.8 Å². The molecule has 2 aliphatic rings. The van der Waals surface area contributed by atoms with Crippen LogP contribution in [0.15, 0.2) is 21.8 Å². The first-order valence-electron chi connectivity index (χ1n) is 7.91. The van der Waals surface area contributed by atoms with Gasteiger partial charge in [0.15, 0.2) is 10.8 Å². The molecule has 0 spiro atoms. The Balaban J connectivity index is 1.78. The average Bonchev–Trinajstić information content (AvgIpc) is 3.09. The minimum absolute atomic E-state index is 0.00616. The maximum atomic E-state index is 12.6. The normalized spacial score (nSPS) is 21.9. The van der Waals surface area contributed by atoms with Crippen molar-refractivity contribution < 1.29 is 24.3 Å². The molecular weight excluding hydrogens is 426 g/mol. The van der Waals surface area contributed by atoms with Crippen molar-refractivity contribution in [1.82, 2.24) is 15.2 Å². The largest absolute Gasteiger partial charge is 0.477 e. The number of hydrogen-bond acceptors (Lipinski definition) is 10. The second kappa shape index (κ2) is 8.41. The van der Waals surface area contributed by atoms with Gasteiger partial charge in [0.05, 0.1) is 0 Å². The van der Waals surface area contributed by atoms with Crippen LogP contribution < -0.4 is 11.1 Å². The van der Waals surface area contributed by atoms with E-state index in [1.165, 1.54) is 35.5 Å². The molecule has 0 aromatic carbocycles. The number of β-lactam (4-membered cyclic amide) rings is 1. The van der Waals surface area contributed by atoms with E-state index in [4.69, 9.17) is 10.6 Å². The lowest BCUT2D eigenvalue weighted by atomic mass is 10.0. The molecule has 0 aliphatic carbocycles. The van der Waals surface area contributed by atoms with Gasteiger partial charge >= 0.3 is 5.97 Å². The molecular formula is C15H17N5O5S3. The number of aromatic nitrogens is 1. The van der Waals surface area contributed by atoms with E-state index in [-0.39, 0.29) is 22.2 Å². The van der Waals surface area contributed by atoms with Gasteiger partial charge in [0.1, 0.15) is 29.9 Å². The number of carbonyl (C=O) groups is 3. The van der Waals surface area contributed by atoms with Crippen molar-refractivity contribution in [2.24, 2.45) is 5.16 Å². The monoisotopic (exact) mass is 443 g/mol. The van der Waals surface area contributed by atoms with E-state index < -0.39 is 29.2 Å². The Morgan fingerprint density at radius 3 is 2.89 bits per heavy atom. The van der Waals surface area contributed by atoms with Crippen molar-refractivity contribution in [1.29, 1.82) is 0 Å². The molecule has 2 atom stereocenters. The highest BCUT2D eigenvalue weighted by atomic mass is 32.2. The lowest BCUT2D eigenvalue weighted by Crippen LogP contribution is -2.71. The van der Waals surface area contributed by atoms with Gasteiger partial charge in [-0.15, -0.1) is 23.1 Å². The molecule has 28 heavy (non-hydrogen) atoms. The lowest BCUT2D eigenvalue weighted by molar-refractivity contribution is -0.150. The van der Waals surface area contributed by atoms with Crippen LogP contribution in [0, 0.1) is 0 Å². The summed E-state index contributed by atoms with van der Waals surface area (Å²) in [7, 11) is 1.29. The zero-order valence-electron chi connectivity index (χ0n) is 14.9. The fraction of sp³-hybridized carbons (Fsp3) is 0.400. The Morgan fingerprint density at radius 1 is 1.57 bits per heavy atom. The number of rotatable bonds is 7. The smallest absolute Gasteiger partial charge is 0.352 e. The van der Waals surface area contributed by atoms with Crippen LogP contribution in [-0.2, 0) is 19.2 Å². The van der Waals surface area contributed by atoms with Crippen LogP contribution in [-0.4, -0.2) is 74.8 Å². The molecule has 1 fully saturated rings. The van der Waals surface area contributed by atoms with E-state index in [0.717, 1.165) is 11.3 Å². The SMILES string of the molecule is CO/N=C(\C(=O)NC1C(=O)N2C(C(=O)O)=C(CSC)CS[C@H]12)c1csc(N)n1. The van der Waals surface area contributed by atoms with Crippen LogP contribution in [0.2, 0.25) is 0 Å². The average molecular weight is 444 g/mol. The number of carboxylic acid groups (broad SMARTS) is 1. The third-order valence-electron chi connectivity index (χ3n) is 4.02. The first-order chi connectivity index (χ1) is 13.4. The van der Waals surface area contributed by atoms with E-state index in [2.05, 4.69) is 15.5 Å². The number of nitrogen functional groups attached to an aromatic ring is 1. The van der Waals surface area contributed by atoms with Crippen molar-refractivity contribution >= 4 is 63.5 Å². The van der Waals surface area contributed by atoms with Gasteiger partial charge in [-0.05, 0) is 11.8 Å². The molecule has 4 N–H and O–H groups in total. The lowest BCUT2D eigenvalue weighted by Gasteiger charge is -2.49. The summed E-state index contributed by atoms with van der Waals surface area (Å²) in [5, 5.41) is 17.2. The van der Waals surface area contributed by atoms with Gasteiger partial charge in [0.2, 0.25) is 0 Å². The molecule has 3 rings (SSSR count). The Kier molecular flexibility index (Phi) is 6.15. The van der Waals surface area contributed by atoms with Crippen LogP contribution in [0.3, 0.4) is 0 Å². The summed E-state index contributed by atoms with van der Waals surface area (Å²) in [5.74, 6) is -1.27. The number of hydrogen-bond donors (Lipinski definition) is 3. The van der Waals surface area contributed by atoms with Crippen molar-refractivity contribution in [3.8, 4) is 0 Å². The van der Waals surface area contributed by atoms with Gasteiger partial charge in [-0.2, -0.15) is 11.8 Å². The van der Waals surface area contributed by atoms with Crippen LogP contribution >= 0.6 is 34.9 Å². The number of nitrogens with zero attached hydrogens (tertiary/aromatic N) is 3. The number of aliphatic carboxylic acids is 1. The van der Waals surface area contributed by atoms with Crippen LogP contribution in [0.1, 0.15) is 5.69 Å². The number of thiazole rings is 1. The van der Waals surface area contributed by atoms with Crippen molar-refractivity contribution in [2.75, 3.05) is 30.6 Å². The highest BCUT2D eigenvalue weighted by Crippen LogP contribution is 2.40. The highest BCUT2D eigenvalue weighted by molar-refractivity contribution is 8.00. The fourth-order valence-electron chi connectivity index (χ4n) is 2.87. The standard InChI is InChI=1S/C15H17N5O5S3/c1-25-19-8(7-5-28-15(16)17-7)11(21)18-9-12(22)20-10(14(23)24)6(3-26-2)4-27-13(9)20/h5,9,13H,3-4H2,1-2H3,(H2,16,17)(H,18,21)(H,23,24)/b19-8-/t9?,13-/m1/s1. The Bertz CT molecular complexity index is 883. The molecule has 0 saturated carbocycles. The number of fused-ring (bicyclic) bond motifs is 1. The van der Waals surface area contributed by atoms with E-state index in [1.807, 2.05) is 6.26 Å². The molecule has 1 aromatic rings. The molecule has 10 nitrogen and oxygen atoms in total. The first-order valence-corrected chi connectivity index (χ1v) is 11.2. The highest BCUT2D eigenvalue weighted by Gasteiger charge is 2.54. The first kappa shape index (κ1) is 20.5. The summed E-state index contributed by atoms with van der Waals surface area (Å²) in [6.45, 7) is 0. The summed E-state index contributed by atoms with van der Waals surface area (Å²) in [4.78, 5) is 46.9. The molecule has 1 saturated heterocycles. The Morgan fingerprint density at radius 2 is 2.32 bits per heavy atom. The molecule has 1 unspecified atom stereocenters. The topological polar surface area (TPSA) is 147 Å². The van der Waals surface area contributed by atoms with Gasteiger partial charge in [-0.1, -0.05) is 5.16 Å².